The van der Waals surface area contributed by atoms with Crippen LogP contribution >= 0.6 is 0 Å². The number of H-pyrrole nitrogens is 1. The number of fused-ring (bicyclic) bond motifs is 3. The molecule has 0 radical (unpaired) electrons. The molecule has 12 nitrogen and oxygen atoms in total. The summed E-state index contributed by atoms with van der Waals surface area (Å²) >= 11 is 0. The fourth-order valence-corrected chi connectivity index (χ4v) is 6.30. The van der Waals surface area contributed by atoms with Gasteiger partial charge in [-0.2, -0.15) is 9.61 Å². The molecule has 0 spiro atoms. The van der Waals surface area contributed by atoms with Gasteiger partial charge in [0.2, 0.25) is 5.82 Å². The van der Waals surface area contributed by atoms with Gasteiger partial charge in [0.25, 0.3) is 5.91 Å². The quantitative estimate of drug-likeness (QED) is 0.322. The third kappa shape index (κ3) is 3.82. The maximum Gasteiger partial charge on any atom is 0.292 e. The zero-order chi connectivity index (χ0) is 27.4. The molecule has 7 heterocycles. The van der Waals surface area contributed by atoms with E-state index in [1.54, 1.807) is 24.8 Å². The van der Waals surface area contributed by atoms with Crippen LogP contribution in [0.4, 0.5) is 5.82 Å². The third-order valence-electron chi connectivity index (χ3n) is 8.09. The largest absolute Gasteiger partial charge is 0.383 e. The van der Waals surface area contributed by atoms with Gasteiger partial charge in [0.05, 0.1) is 23.1 Å². The molecule has 2 fully saturated rings. The molecule has 7 rings (SSSR count). The van der Waals surface area contributed by atoms with Crippen LogP contribution in [0.2, 0.25) is 0 Å². The van der Waals surface area contributed by atoms with Crippen LogP contribution in [-0.2, 0) is 0 Å². The second-order valence-electron chi connectivity index (χ2n) is 10.4. The van der Waals surface area contributed by atoms with Crippen molar-refractivity contribution in [3.63, 3.8) is 0 Å². The molecule has 5 aromatic heterocycles. The van der Waals surface area contributed by atoms with Crippen molar-refractivity contribution in [2.45, 2.75) is 50.6 Å². The molecule has 5 aromatic rings. The number of carbonyl (C=O) groups is 2. The summed E-state index contributed by atoms with van der Waals surface area (Å²) in [5.74, 6) is 0.190. The summed E-state index contributed by atoms with van der Waals surface area (Å²) in [5.41, 5.74) is 11.6. The molecule has 2 saturated heterocycles. The Morgan fingerprint density at radius 1 is 1.02 bits per heavy atom. The van der Waals surface area contributed by atoms with Gasteiger partial charge >= 0.3 is 0 Å². The zero-order valence-corrected chi connectivity index (χ0v) is 21.7. The number of nitrogens with one attached hydrogen (secondary N) is 1. The number of hydrogen-bond acceptors (Lipinski definition) is 9. The van der Waals surface area contributed by atoms with Crippen molar-refractivity contribution in [1.82, 2.24) is 44.6 Å². The standard InChI is InChI=1S/C28H26N10O2/c1-15(39)23-24(18-10-19-3-4-20(11-18)37(19)28(40)26-32-14-33-36-26)35-27-21(13-34-38(27)25(23)29)17-2-5-22(31-12-17)16-6-8-30-9-7-16/h2,5-9,12-14,18-20H,3-4,10-11,29H2,1H3,(H,32,33,36)/t18-,19+,20-. The summed E-state index contributed by atoms with van der Waals surface area (Å²) in [5, 5.41) is 12.2. The molecule has 0 unspecified atom stereocenters. The molecule has 3 N–H and O–H groups in total. The number of amides is 1. The molecule has 2 bridgehead atoms. The fourth-order valence-electron chi connectivity index (χ4n) is 6.30. The number of carbonyl (C=O) groups excluding carboxylic acids is 2. The molecule has 1 amide bonds. The van der Waals surface area contributed by atoms with Crippen molar-refractivity contribution in [2.24, 2.45) is 0 Å². The number of rotatable bonds is 5. The van der Waals surface area contributed by atoms with Crippen LogP contribution in [0.25, 0.3) is 28.0 Å². The Kier molecular flexibility index (Phi) is 5.61. The monoisotopic (exact) mass is 534 g/mol. The topological polar surface area (TPSA) is 161 Å². The molecule has 2 aliphatic heterocycles. The SMILES string of the molecule is CC(=O)c1c([C@H]2C[C@H]3CC[C@@H](C2)N3C(=O)c2nnc[nH]2)nc2c(-c3ccc(-c4ccncc4)nc3)cnn2c1N. The number of nitrogens with zero attached hydrogens (tertiary/aromatic N) is 8. The Bertz CT molecular complexity index is 1720. The van der Waals surface area contributed by atoms with Gasteiger partial charge in [-0.1, -0.05) is 6.07 Å². The molecular weight excluding hydrogens is 508 g/mol. The van der Waals surface area contributed by atoms with Crippen LogP contribution < -0.4 is 5.73 Å². The highest BCUT2D eigenvalue weighted by Crippen LogP contribution is 2.45. The molecule has 0 saturated carbocycles. The number of nitrogen functional groups attached to an aromatic ring is 1. The Morgan fingerprint density at radius 2 is 1.80 bits per heavy atom. The molecule has 12 heteroatoms. The highest BCUT2D eigenvalue weighted by Gasteiger charge is 2.45. The lowest BCUT2D eigenvalue weighted by Crippen LogP contribution is -2.46. The average Bonchev–Trinajstić information content (AvgIpc) is 3.71. The summed E-state index contributed by atoms with van der Waals surface area (Å²) in [6, 6.07) is 7.79. The minimum Gasteiger partial charge on any atom is -0.383 e. The summed E-state index contributed by atoms with van der Waals surface area (Å²) in [6.45, 7) is 1.51. The van der Waals surface area contributed by atoms with Gasteiger partial charge in [-0.3, -0.25) is 19.6 Å². The van der Waals surface area contributed by atoms with Gasteiger partial charge in [0.15, 0.2) is 11.4 Å². The number of aromatic amines is 1. The molecule has 3 atom stereocenters. The molecule has 200 valence electrons. The number of hydrogen-bond donors (Lipinski definition) is 2. The van der Waals surface area contributed by atoms with Crippen LogP contribution in [-0.4, -0.2) is 68.4 Å². The Balaban J connectivity index is 1.26. The van der Waals surface area contributed by atoms with Crippen molar-refractivity contribution >= 4 is 23.2 Å². The summed E-state index contributed by atoms with van der Waals surface area (Å²) in [4.78, 5) is 44.5. The van der Waals surface area contributed by atoms with E-state index in [0.29, 0.717) is 29.7 Å². The number of nitrogens with two attached hydrogens (primary N) is 1. The Morgan fingerprint density at radius 3 is 2.45 bits per heavy atom. The summed E-state index contributed by atoms with van der Waals surface area (Å²) < 4.78 is 1.53. The number of piperidine rings is 1. The lowest BCUT2D eigenvalue weighted by molar-refractivity contribution is 0.0556. The number of anilines is 1. The second kappa shape index (κ2) is 9.33. The number of ketones is 1. The maximum atomic E-state index is 13.1. The van der Waals surface area contributed by atoms with E-state index < -0.39 is 0 Å². The lowest BCUT2D eigenvalue weighted by atomic mass is 9.85. The van der Waals surface area contributed by atoms with Crippen molar-refractivity contribution in [2.75, 3.05) is 5.73 Å². The van der Waals surface area contributed by atoms with Crippen molar-refractivity contribution in [3.8, 4) is 22.4 Å². The predicted octanol–water partition coefficient (Wildman–Crippen LogP) is 3.31. The predicted molar refractivity (Wildman–Crippen MR) is 145 cm³/mol. The first kappa shape index (κ1) is 24.1. The van der Waals surface area contributed by atoms with Crippen LogP contribution in [0.3, 0.4) is 0 Å². The average molecular weight is 535 g/mol. The van der Waals surface area contributed by atoms with E-state index in [-0.39, 0.29) is 41.3 Å². The third-order valence-corrected chi connectivity index (χ3v) is 8.09. The Hall–Kier alpha value is -5.00. The van der Waals surface area contributed by atoms with Gasteiger partial charge < -0.3 is 15.6 Å². The zero-order valence-electron chi connectivity index (χ0n) is 21.7. The van der Waals surface area contributed by atoms with E-state index in [4.69, 9.17) is 10.7 Å². The van der Waals surface area contributed by atoms with Gasteiger partial charge in [-0.15, -0.1) is 10.2 Å². The first-order chi connectivity index (χ1) is 19.5. The first-order valence-corrected chi connectivity index (χ1v) is 13.2. The van der Waals surface area contributed by atoms with E-state index in [1.165, 1.54) is 17.8 Å². The van der Waals surface area contributed by atoms with Crippen LogP contribution in [0.5, 0.6) is 0 Å². The Labute approximate surface area is 228 Å². The van der Waals surface area contributed by atoms with Crippen molar-refractivity contribution in [1.29, 1.82) is 0 Å². The molecular formula is C28H26N10O2. The number of pyridine rings is 2. The van der Waals surface area contributed by atoms with Crippen LogP contribution in [0.15, 0.2) is 55.4 Å². The lowest BCUT2D eigenvalue weighted by Gasteiger charge is -2.38. The first-order valence-electron chi connectivity index (χ1n) is 13.2. The van der Waals surface area contributed by atoms with E-state index >= 15 is 0 Å². The van der Waals surface area contributed by atoms with Crippen molar-refractivity contribution < 1.29 is 9.59 Å². The van der Waals surface area contributed by atoms with Gasteiger partial charge in [-0.25, -0.2) is 4.98 Å². The minimum absolute atomic E-state index is 0.0229. The number of Topliss-reactive ketones (excluding diaryl/α,β-unsaturated/α-hetero) is 1. The second-order valence-corrected chi connectivity index (χ2v) is 10.4. The normalized spacial score (nSPS) is 20.2. The van der Waals surface area contributed by atoms with Gasteiger partial charge in [0.1, 0.15) is 12.1 Å². The van der Waals surface area contributed by atoms with E-state index in [2.05, 4.69) is 30.2 Å². The fraction of sp³-hybridized carbons (Fsp3) is 0.286. The highest BCUT2D eigenvalue weighted by molar-refractivity contribution is 6.00. The maximum absolute atomic E-state index is 13.1. The van der Waals surface area contributed by atoms with Gasteiger partial charge in [-0.05, 0) is 50.8 Å². The molecule has 40 heavy (non-hydrogen) atoms. The highest BCUT2D eigenvalue weighted by atomic mass is 16.2. The van der Waals surface area contributed by atoms with Crippen molar-refractivity contribution in [3.05, 3.63) is 72.5 Å². The molecule has 2 aliphatic rings. The van der Waals surface area contributed by atoms with Crippen LogP contribution in [0.1, 0.15) is 65.2 Å². The minimum atomic E-state index is -0.158. The van der Waals surface area contributed by atoms with Crippen LogP contribution in [0, 0.1) is 0 Å². The summed E-state index contributed by atoms with van der Waals surface area (Å²) in [6.07, 6.45) is 11.5. The number of aromatic nitrogens is 8. The molecule has 0 aliphatic carbocycles. The van der Waals surface area contributed by atoms with Gasteiger partial charge in [0, 0.05) is 53.3 Å². The van der Waals surface area contributed by atoms with E-state index in [9.17, 15) is 9.59 Å². The van der Waals surface area contributed by atoms with E-state index in [1.807, 2.05) is 29.2 Å². The van der Waals surface area contributed by atoms with E-state index in [0.717, 1.165) is 35.2 Å². The molecule has 0 aromatic carbocycles. The summed E-state index contributed by atoms with van der Waals surface area (Å²) in [7, 11) is 0. The smallest absolute Gasteiger partial charge is 0.292 e.